The molecule has 7 nitrogen and oxygen atoms in total. The van der Waals surface area contributed by atoms with E-state index in [9.17, 15) is 12.8 Å². The molecule has 1 aromatic carbocycles. The Labute approximate surface area is 151 Å². The third-order valence-corrected chi connectivity index (χ3v) is 5.96. The summed E-state index contributed by atoms with van der Waals surface area (Å²) in [6.07, 6.45) is 0. The summed E-state index contributed by atoms with van der Waals surface area (Å²) in [5.74, 6) is -0.805. The molecule has 2 heterocycles. The number of halogens is 1. The van der Waals surface area contributed by atoms with Gasteiger partial charge in [0.2, 0.25) is 9.84 Å². The average molecular weight is 377 g/mol. The van der Waals surface area contributed by atoms with Crippen molar-refractivity contribution in [2.75, 3.05) is 19.8 Å². The SMILES string of the molecule is Cc1nc2c(S(=O)(=O)c3cccc(F)c3)c(N)nn2c(C)c1CN(C)C. The van der Waals surface area contributed by atoms with Crippen LogP contribution in [0.4, 0.5) is 10.2 Å². The molecule has 26 heavy (non-hydrogen) atoms. The predicted molar refractivity (Wildman–Crippen MR) is 96.1 cm³/mol. The molecule has 9 heteroatoms. The van der Waals surface area contributed by atoms with E-state index in [4.69, 9.17) is 5.73 Å². The van der Waals surface area contributed by atoms with Crippen molar-refractivity contribution >= 4 is 21.3 Å². The summed E-state index contributed by atoms with van der Waals surface area (Å²) >= 11 is 0. The smallest absolute Gasteiger partial charge is 0.214 e. The summed E-state index contributed by atoms with van der Waals surface area (Å²) in [5.41, 5.74) is 8.47. The van der Waals surface area contributed by atoms with E-state index in [0.717, 1.165) is 17.3 Å². The Balaban J connectivity index is 2.30. The van der Waals surface area contributed by atoms with Gasteiger partial charge in [0, 0.05) is 23.5 Å². The van der Waals surface area contributed by atoms with Crippen molar-refractivity contribution in [3.63, 3.8) is 0 Å². The van der Waals surface area contributed by atoms with Crippen LogP contribution < -0.4 is 5.73 Å². The second-order valence-electron chi connectivity index (χ2n) is 6.41. The first-order valence-corrected chi connectivity index (χ1v) is 9.41. The van der Waals surface area contributed by atoms with Crippen LogP contribution in [0, 0.1) is 19.7 Å². The van der Waals surface area contributed by atoms with Crippen LogP contribution in [-0.2, 0) is 16.4 Å². The van der Waals surface area contributed by atoms with Crippen molar-refractivity contribution in [2.24, 2.45) is 0 Å². The molecule has 0 fully saturated rings. The van der Waals surface area contributed by atoms with Gasteiger partial charge in [-0.25, -0.2) is 22.3 Å². The third kappa shape index (κ3) is 2.93. The van der Waals surface area contributed by atoms with E-state index in [1.807, 2.05) is 32.8 Å². The average Bonchev–Trinajstić information content (AvgIpc) is 2.88. The van der Waals surface area contributed by atoms with E-state index in [1.165, 1.54) is 22.7 Å². The van der Waals surface area contributed by atoms with E-state index < -0.39 is 15.7 Å². The van der Waals surface area contributed by atoms with Gasteiger partial charge in [0.25, 0.3) is 0 Å². The largest absolute Gasteiger partial charge is 0.381 e. The Kier molecular flexibility index (Phi) is 4.45. The standard InChI is InChI=1S/C17H20FN5O2S/c1-10-14(9-22(3)4)11(2)23-17(20-10)15(16(19)21-23)26(24,25)13-7-5-6-12(18)8-13/h5-8H,9H2,1-4H3,(H2,19,21). The van der Waals surface area contributed by atoms with Crippen molar-refractivity contribution in [3.05, 3.63) is 47.0 Å². The molecule has 0 bridgehead atoms. The summed E-state index contributed by atoms with van der Waals surface area (Å²) in [6.45, 7) is 4.28. The lowest BCUT2D eigenvalue weighted by atomic mass is 10.1. The van der Waals surface area contributed by atoms with E-state index in [2.05, 4.69) is 10.1 Å². The molecule has 0 aliphatic heterocycles. The Morgan fingerprint density at radius 2 is 1.96 bits per heavy atom. The zero-order valence-corrected chi connectivity index (χ0v) is 15.8. The minimum Gasteiger partial charge on any atom is -0.381 e. The first-order chi connectivity index (χ1) is 12.1. The number of fused-ring (bicyclic) bond motifs is 1. The van der Waals surface area contributed by atoms with Crippen LogP contribution in [-0.4, -0.2) is 42.0 Å². The summed E-state index contributed by atoms with van der Waals surface area (Å²) in [7, 11) is -0.204. The van der Waals surface area contributed by atoms with Crippen molar-refractivity contribution in [1.82, 2.24) is 19.5 Å². The Hall–Kier alpha value is -2.52. The van der Waals surface area contributed by atoms with Crippen LogP contribution in [0.2, 0.25) is 0 Å². The van der Waals surface area contributed by atoms with Gasteiger partial charge in [-0.1, -0.05) is 6.07 Å². The molecule has 2 aromatic heterocycles. The topological polar surface area (TPSA) is 93.6 Å². The lowest BCUT2D eigenvalue weighted by molar-refractivity contribution is 0.398. The van der Waals surface area contributed by atoms with Gasteiger partial charge in [0.15, 0.2) is 16.4 Å². The van der Waals surface area contributed by atoms with Gasteiger partial charge in [0.1, 0.15) is 5.82 Å². The monoisotopic (exact) mass is 377 g/mol. The first-order valence-electron chi connectivity index (χ1n) is 7.92. The molecule has 3 aromatic rings. The van der Waals surface area contributed by atoms with Crippen LogP contribution in [0.25, 0.3) is 5.65 Å². The zero-order valence-electron chi connectivity index (χ0n) is 15.0. The summed E-state index contributed by atoms with van der Waals surface area (Å²) in [5, 5.41) is 4.18. The van der Waals surface area contributed by atoms with E-state index in [1.54, 1.807) is 0 Å². The molecular formula is C17H20FN5O2S. The molecule has 0 atom stereocenters. The molecular weight excluding hydrogens is 357 g/mol. The van der Waals surface area contributed by atoms with Gasteiger partial charge in [-0.2, -0.15) is 0 Å². The second kappa shape index (κ2) is 6.33. The Bertz CT molecular complexity index is 1110. The maximum Gasteiger partial charge on any atom is 0.214 e. The Morgan fingerprint density at radius 1 is 1.27 bits per heavy atom. The first kappa shape index (κ1) is 18.3. The highest BCUT2D eigenvalue weighted by Crippen LogP contribution is 2.31. The highest BCUT2D eigenvalue weighted by Gasteiger charge is 2.29. The number of aromatic nitrogens is 3. The molecule has 3 rings (SSSR count). The fourth-order valence-corrected chi connectivity index (χ4v) is 4.36. The van der Waals surface area contributed by atoms with E-state index >= 15 is 0 Å². The van der Waals surface area contributed by atoms with Crippen LogP contribution in [0.5, 0.6) is 0 Å². The van der Waals surface area contributed by atoms with Crippen LogP contribution in [0.1, 0.15) is 17.0 Å². The van der Waals surface area contributed by atoms with E-state index in [-0.39, 0.29) is 21.3 Å². The molecule has 0 amide bonds. The van der Waals surface area contributed by atoms with Crippen molar-refractivity contribution in [2.45, 2.75) is 30.2 Å². The molecule has 0 aliphatic carbocycles. The number of aryl methyl sites for hydroxylation is 2. The van der Waals surface area contributed by atoms with Gasteiger partial charge in [-0.15, -0.1) is 5.10 Å². The third-order valence-electron chi connectivity index (χ3n) is 4.16. The molecule has 0 saturated carbocycles. The van der Waals surface area contributed by atoms with Crippen molar-refractivity contribution < 1.29 is 12.8 Å². The highest BCUT2D eigenvalue weighted by molar-refractivity contribution is 7.91. The maximum atomic E-state index is 13.5. The van der Waals surface area contributed by atoms with Crippen LogP contribution in [0.3, 0.4) is 0 Å². The summed E-state index contributed by atoms with van der Waals surface area (Å²) in [4.78, 5) is 6.04. The number of hydrogen-bond acceptors (Lipinski definition) is 6. The minimum atomic E-state index is -4.07. The fraction of sp³-hybridized carbons (Fsp3) is 0.294. The number of sulfone groups is 1. The number of nitrogens with two attached hydrogens (primary N) is 1. The number of nitrogen functional groups attached to an aromatic ring is 1. The minimum absolute atomic E-state index is 0.143. The molecule has 0 aliphatic rings. The molecule has 0 spiro atoms. The van der Waals surface area contributed by atoms with Gasteiger partial charge < -0.3 is 10.6 Å². The molecule has 0 unspecified atom stereocenters. The quantitative estimate of drug-likeness (QED) is 0.747. The molecule has 0 radical (unpaired) electrons. The zero-order chi connectivity index (χ0) is 19.2. The number of rotatable bonds is 4. The van der Waals surface area contributed by atoms with Crippen LogP contribution >= 0.6 is 0 Å². The van der Waals surface area contributed by atoms with Gasteiger partial charge in [-0.05, 0) is 46.1 Å². The molecule has 138 valence electrons. The van der Waals surface area contributed by atoms with Crippen molar-refractivity contribution in [3.8, 4) is 0 Å². The predicted octanol–water partition coefficient (Wildman–Crippen LogP) is 1.96. The Morgan fingerprint density at radius 3 is 2.58 bits per heavy atom. The van der Waals surface area contributed by atoms with Gasteiger partial charge in [0.05, 0.1) is 4.90 Å². The maximum absolute atomic E-state index is 13.5. The number of benzene rings is 1. The summed E-state index contributed by atoms with van der Waals surface area (Å²) in [6, 6.07) is 4.79. The number of nitrogens with zero attached hydrogens (tertiary/aromatic N) is 4. The lowest BCUT2D eigenvalue weighted by Gasteiger charge is -2.15. The highest BCUT2D eigenvalue weighted by atomic mass is 32.2. The second-order valence-corrected chi connectivity index (χ2v) is 8.30. The summed E-state index contributed by atoms with van der Waals surface area (Å²) < 4.78 is 41.0. The van der Waals surface area contributed by atoms with E-state index in [0.29, 0.717) is 12.2 Å². The van der Waals surface area contributed by atoms with Gasteiger partial charge >= 0.3 is 0 Å². The number of anilines is 1. The number of hydrogen-bond donors (Lipinski definition) is 1. The van der Waals surface area contributed by atoms with Gasteiger partial charge in [-0.3, -0.25) is 0 Å². The fourth-order valence-electron chi connectivity index (χ4n) is 2.91. The van der Waals surface area contributed by atoms with Crippen LogP contribution in [0.15, 0.2) is 34.1 Å². The van der Waals surface area contributed by atoms with Crippen molar-refractivity contribution in [1.29, 1.82) is 0 Å². The normalized spacial score (nSPS) is 12.2. The lowest BCUT2D eigenvalue weighted by Crippen LogP contribution is -2.16. The molecule has 2 N–H and O–H groups in total. The molecule has 0 saturated heterocycles.